The van der Waals surface area contributed by atoms with Crippen molar-refractivity contribution in [1.82, 2.24) is 15.5 Å². The summed E-state index contributed by atoms with van der Waals surface area (Å²) in [5.74, 6) is 4.34. The molecule has 0 bridgehead atoms. The van der Waals surface area contributed by atoms with Gasteiger partial charge in [0.05, 0.1) is 6.04 Å². The summed E-state index contributed by atoms with van der Waals surface area (Å²) >= 11 is 1.96. The molecule has 0 saturated carbocycles. The van der Waals surface area contributed by atoms with Crippen molar-refractivity contribution in [3.05, 3.63) is 11.8 Å². The Hall–Kier alpha value is -0.550. The maximum Gasteiger partial charge on any atom is 0.233 e. The number of rotatable bonds is 4. The van der Waals surface area contributed by atoms with Crippen molar-refractivity contribution in [2.75, 3.05) is 18.1 Å². The molecule has 1 aromatic rings. The molecule has 2 unspecified atom stereocenters. The third kappa shape index (κ3) is 2.52. The predicted molar refractivity (Wildman–Crippen MR) is 61.1 cm³/mol. The second-order valence-electron chi connectivity index (χ2n) is 3.82. The van der Waals surface area contributed by atoms with Gasteiger partial charge in [-0.2, -0.15) is 11.8 Å². The minimum atomic E-state index is 0.158. The molecule has 84 valence electrons. The monoisotopic (exact) mass is 227 g/mol. The van der Waals surface area contributed by atoms with Gasteiger partial charge in [0.1, 0.15) is 0 Å². The minimum absolute atomic E-state index is 0.158. The first-order valence-corrected chi connectivity index (χ1v) is 6.61. The maximum atomic E-state index is 5.68. The Morgan fingerprint density at radius 1 is 1.60 bits per heavy atom. The van der Waals surface area contributed by atoms with Crippen molar-refractivity contribution in [2.45, 2.75) is 32.2 Å². The average Bonchev–Trinajstić information content (AvgIpc) is 2.89. The van der Waals surface area contributed by atoms with Crippen molar-refractivity contribution >= 4 is 11.8 Å². The van der Waals surface area contributed by atoms with Crippen LogP contribution in [0.3, 0.4) is 0 Å². The van der Waals surface area contributed by atoms with Gasteiger partial charge in [0.25, 0.3) is 0 Å². The molecule has 1 aliphatic heterocycles. The summed E-state index contributed by atoms with van der Waals surface area (Å²) in [4.78, 5) is 0. The van der Waals surface area contributed by atoms with Crippen LogP contribution in [0.1, 0.15) is 44.0 Å². The Kier molecular flexibility index (Phi) is 3.64. The summed E-state index contributed by atoms with van der Waals surface area (Å²) in [7, 11) is 0. The highest BCUT2D eigenvalue weighted by molar-refractivity contribution is 7.99. The molecule has 4 nitrogen and oxygen atoms in total. The quantitative estimate of drug-likeness (QED) is 0.852. The number of hydrogen-bond donors (Lipinski definition) is 1. The fourth-order valence-electron chi connectivity index (χ4n) is 1.71. The molecule has 1 aliphatic rings. The lowest BCUT2D eigenvalue weighted by Gasteiger charge is -2.06. The lowest BCUT2D eigenvalue weighted by molar-refractivity contribution is 0.383. The number of hydrogen-bond acceptors (Lipinski definition) is 5. The molecule has 15 heavy (non-hydrogen) atoms. The molecule has 1 N–H and O–H groups in total. The van der Waals surface area contributed by atoms with Gasteiger partial charge in [-0.25, -0.2) is 0 Å². The summed E-state index contributed by atoms with van der Waals surface area (Å²) < 4.78 is 5.68. The van der Waals surface area contributed by atoms with Gasteiger partial charge in [-0.1, -0.05) is 6.92 Å². The van der Waals surface area contributed by atoms with E-state index in [1.54, 1.807) is 0 Å². The normalized spacial score (nSPS) is 23.2. The highest BCUT2D eigenvalue weighted by Gasteiger charge is 2.24. The van der Waals surface area contributed by atoms with Gasteiger partial charge in [-0.15, -0.1) is 10.2 Å². The standard InChI is InChI=1S/C10H17N3OS/c1-3-11-7(2)9-12-13-10(14-9)8-4-5-15-6-8/h7-8,11H,3-6H2,1-2H3. The Morgan fingerprint density at radius 2 is 2.47 bits per heavy atom. The van der Waals surface area contributed by atoms with Gasteiger partial charge in [0.15, 0.2) is 0 Å². The van der Waals surface area contributed by atoms with E-state index in [0.717, 1.165) is 18.2 Å². The van der Waals surface area contributed by atoms with Crippen LogP contribution in [0.2, 0.25) is 0 Å². The van der Waals surface area contributed by atoms with Crippen molar-refractivity contribution in [2.24, 2.45) is 0 Å². The third-order valence-electron chi connectivity index (χ3n) is 2.62. The summed E-state index contributed by atoms with van der Waals surface area (Å²) in [6.07, 6.45) is 1.17. The second kappa shape index (κ2) is 4.99. The molecule has 0 spiro atoms. The first-order chi connectivity index (χ1) is 7.31. The molecule has 0 aromatic carbocycles. The van der Waals surface area contributed by atoms with Crippen LogP contribution in [-0.4, -0.2) is 28.2 Å². The van der Waals surface area contributed by atoms with Crippen LogP contribution in [0.15, 0.2) is 4.42 Å². The van der Waals surface area contributed by atoms with Crippen LogP contribution in [0.25, 0.3) is 0 Å². The van der Waals surface area contributed by atoms with Crippen molar-refractivity contribution in [3.8, 4) is 0 Å². The van der Waals surface area contributed by atoms with Crippen LogP contribution in [0.4, 0.5) is 0 Å². The van der Waals surface area contributed by atoms with Gasteiger partial charge in [-0.05, 0) is 25.6 Å². The zero-order chi connectivity index (χ0) is 10.7. The zero-order valence-electron chi connectivity index (χ0n) is 9.19. The predicted octanol–water partition coefficient (Wildman–Crippen LogP) is 1.96. The van der Waals surface area contributed by atoms with E-state index in [2.05, 4.69) is 22.4 Å². The first-order valence-electron chi connectivity index (χ1n) is 5.45. The van der Waals surface area contributed by atoms with E-state index in [1.165, 1.54) is 12.2 Å². The number of aromatic nitrogens is 2. The summed E-state index contributed by atoms with van der Waals surface area (Å²) in [5.41, 5.74) is 0. The van der Waals surface area contributed by atoms with E-state index < -0.39 is 0 Å². The van der Waals surface area contributed by atoms with Crippen LogP contribution in [-0.2, 0) is 0 Å². The molecule has 2 atom stereocenters. The molecule has 5 heteroatoms. The lowest BCUT2D eigenvalue weighted by Crippen LogP contribution is -2.17. The van der Waals surface area contributed by atoms with Gasteiger partial charge in [0.2, 0.25) is 11.8 Å². The number of thioether (sulfide) groups is 1. The summed E-state index contributed by atoms with van der Waals surface area (Å²) in [6, 6.07) is 0.158. The summed E-state index contributed by atoms with van der Waals surface area (Å²) in [6.45, 7) is 5.03. The Bertz CT molecular complexity index is 309. The fraction of sp³-hybridized carbons (Fsp3) is 0.800. The van der Waals surface area contributed by atoms with Crippen LogP contribution < -0.4 is 5.32 Å². The Morgan fingerprint density at radius 3 is 3.13 bits per heavy atom. The summed E-state index contributed by atoms with van der Waals surface area (Å²) in [5, 5.41) is 11.5. The molecule has 2 heterocycles. The highest BCUT2D eigenvalue weighted by Crippen LogP contribution is 2.31. The minimum Gasteiger partial charge on any atom is -0.423 e. The van der Waals surface area contributed by atoms with Gasteiger partial charge in [-0.3, -0.25) is 0 Å². The van der Waals surface area contributed by atoms with Crippen LogP contribution in [0, 0.1) is 0 Å². The molecular weight excluding hydrogens is 210 g/mol. The largest absolute Gasteiger partial charge is 0.423 e. The Labute approximate surface area is 94.2 Å². The third-order valence-corrected chi connectivity index (χ3v) is 3.78. The van der Waals surface area contributed by atoms with E-state index >= 15 is 0 Å². The van der Waals surface area contributed by atoms with E-state index in [-0.39, 0.29) is 6.04 Å². The maximum absolute atomic E-state index is 5.68. The van der Waals surface area contributed by atoms with E-state index in [0.29, 0.717) is 11.8 Å². The van der Waals surface area contributed by atoms with Gasteiger partial charge in [0, 0.05) is 11.7 Å². The first kappa shape index (κ1) is 11.0. The van der Waals surface area contributed by atoms with Crippen LogP contribution >= 0.6 is 11.8 Å². The van der Waals surface area contributed by atoms with Crippen LogP contribution in [0.5, 0.6) is 0 Å². The van der Waals surface area contributed by atoms with E-state index in [4.69, 9.17) is 4.42 Å². The lowest BCUT2D eigenvalue weighted by atomic mass is 10.1. The zero-order valence-corrected chi connectivity index (χ0v) is 10.0. The fourth-order valence-corrected chi connectivity index (χ4v) is 2.92. The van der Waals surface area contributed by atoms with Gasteiger partial charge < -0.3 is 9.73 Å². The van der Waals surface area contributed by atoms with Crippen molar-refractivity contribution < 1.29 is 4.42 Å². The molecule has 1 saturated heterocycles. The smallest absolute Gasteiger partial charge is 0.233 e. The molecule has 0 amide bonds. The molecule has 1 fully saturated rings. The molecule has 0 aliphatic carbocycles. The molecular formula is C10H17N3OS. The SMILES string of the molecule is CCNC(C)c1nnc(C2CCSC2)o1. The highest BCUT2D eigenvalue weighted by atomic mass is 32.2. The van der Waals surface area contributed by atoms with Crippen molar-refractivity contribution in [1.29, 1.82) is 0 Å². The van der Waals surface area contributed by atoms with Gasteiger partial charge >= 0.3 is 0 Å². The van der Waals surface area contributed by atoms with Crippen molar-refractivity contribution in [3.63, 3.8) is 0 Å². The molecule has 2 rings (SSSR count). The Balaban J connectivity index is 2.02. The van der Waals surface area contributed by atoms with E-state index in [1.807, 2.05) is 18.7 Å². The topological polar surface area (TPSA) is 51.0 Å². The number of nitrogens with zero attached hydrogens (tertiary/aromatic N) is 2. The number of nitrogens with one attached hydrogen (secondary N) is 1. The van der Waals surface area contributed by atoms with E-state index in [9.17, 15) is 0 Å². The average molecular weight is 227 g/mol. The molecule has 1 aromatic heterocycles. The second-order valence-corrected chi connectivity index (χ2v) is 4.97. The molecule has 0 radical (unpaired) electrons.